The Morgan fingerprint density at radius 1 is 1.27 bits per heavy atom. The van der Waals surface area contributed by atoms with E-state index in [1.807, 2.05) is 25.2 Å². The molecule has 0 aliphatic heterocycles. The van der Waals surface area contributed by atoms with Gasteiger partial charge in [0, 0.05) is 6.54 Å². The summed E-state index contributed by atoms with van der Waals surface area (Å²) in [5, 5.41) is 3.05. The molecule has 11 heavy (non-hydrogen) atoms. The highest BCUT2D eigenvalue weighted by atomic mass is 14.8. The number of hydrogen-bond acceptors (Lipinski definition) is 1. The highest BCUT2D eigenvalue weighted by molar-refractivity contribution is 5.48. The van der Waals surface area contributed by atoms with Crippen molar-refractivity contribution in [1.29, 1.82) is 0 Å². The number of benzene rings is 1. The molecule has 0 aliphatic carbocycles. The Kier molecular flexibility index (Phi) is 3.42. The predicted octanol–water partition coefficient (Wildman–Crippen LogP) is 1.92. The summed E-state index contributed by atoms with van der Waals surface area (Å²) in [6, 6.07) is 10.3. The van der Waals surface area contributed by atoms with Crippen molar-refractivity contribution in [1.82, 2.24) is 5.32 Å². The summed E-state index contributed by atoms with van der Waals surface area (Å²) >= 11 is 0. The van der Waals surface area contributed by atoms with Crippen molar-refractivity contribution < 1.29 is 0 Å². The molecule has 58 valence electrons. The molecule has 0 unspecified atom stereocenters. The van der Waals surface area contributed by atoms with Crippen LogP contribution in [0.25, 0.3) is 6.08 Å². The smallest absolute Gasteiger partial charge is 0.0135 e. The predicted molar refractivity (Wildman–Crippen MR) is 49.4 cm³/mol. The Balaban J connectivity index is 2.50. The SMILES string of the molecule is CNC/C=C\c1ccccc1. The lowest BCUT2D eigenvalue weighted by Crippen LogP contribution is -2.03. The maximum atomic E-state index is 3.05. The van der Waals surface area contributed by atoms with E-state index in [1.165, 1.54) is 5.56 Å². The van der Waals surface area contributed by atoms with E-state index in [0.29, 0.717) is 0 Å². The molecule has 0 saturated carbocycles. The zero-order valence-electron chi connectivity index (χ0n) is 6.75. The molecule has 0 radical (unpaired) electrons. The first-order valence-electron chi connectivity index (χ1n) is 3.79. The largest absolute Gasteiger partial charge is 0.316 e. The minimum atomic E-state index is 0.925. The van der Waals surface area contributed by atoms with Crippen LogP contribution in [0.3, 0.4) is 0 Å². The van der Waals surface area contributed by atoms with Crippen LogP contribution in [-0.4, -0.2) is 13.6 Å². The van der Waals surface area contributed by atoms with Crippen molar-refractivity contribution in [3.8, 4) is 0 Å². The first-order chi connectivity index (χ1) is 5.43. The van der Waals surface area contributed by atoms with Crippen LogP contribution in [-0.2, 0) is 0 Å². The van der Waals surface area contributed by atoms with E-state index < -0.39 is 0 Å². The quantitative estimate of drug-likeness (QED) is 0.688. The van der Waals surface area contributed by atoms with E-state index >= 15 is 0 Å². The normalized spacial score (nSPS) is 10.6. The molecular formula is C10H13N. The van der Waals surface area contributed by atoms with E-state index in [-0.39, 0.29) is 0 Å². The Hall–Kier alpha value is -1.08. The third kappa shape index (κ3) is 3.01. The van der Waals surface area contributed by atoms with Gasteiger partial charge in [-0.05, 0) is 12.6 Å². The van der Waals surface area contributed by atoms with Crippen molar-refractivity contribution in [3.63, 3.8) is 0 Å². The van der Waals surface area contributed by atoms with Gasteiger partial charge in [0.15, 0.2) is 0 Å². The standard InChI is InChI=1S/C10H13N/c1-11-9-5-8-10-6-3-2-4-7-10/h2-8,11H,9H2,1H3/b8-5-. The fourth-order valence-electron chi connectivity index (χ4n) is 0.877. The summed E-state index contributed by atoms with van der Waals surface area (Å²) < 4.78 is 0. The lowest BCUT2D eigenvalue weighted by atomic mass is 10.2. The van der Waals surface area contributed by atoms with Gasteiger partial charge < -0.3 is 5.32 Å². The minimum Gasteiger partial charge on any atom is -0.316 e. The maximum absolute atomic E-state index is 3.05. The molecular weight excluding hydrogens is 134 g/mol. The second-order valence-electron chi connectivity index (χ2n) is 2.37. The van der Waals surface area contributed by atoms with Crippen LogP contribution < -0.4 is 5.32 Å². The maximum Gasteiger partial charge on any atom is 0.0135 e. The molecule has 1 aromatic rings. The van der Waals surface area contributed by atoms with Gasteiger partial charge in [0.05, 0.1) is 0 Å². The van der Waals surface area contributed by atoms with E-state index in [4.69, 9.17) is 0 Å². The molecule has 0 atom stereocenters. The Labute approximate surface area is 67.8 Å². The number of nitrogens with one attached hydrogen (secondary N) is 1. The highest BCUT2D eigenvalue weighted by Gasteiger charge is 1.79. The molecule has 0 saturated heterocycles. The molecule has 0 aliphatic rings. The van der Waals surface area contributed by atoms with E-state index in [2.05, 4.69) is 29.6 Å². The lowest BCUT2D eigenvalue weighted by molar-refractivity contribution is 0.922. The van der Waals surface area contributed by atoms with Gasteiger partial charge in [-0.3, -0.25) is 0 Å². The summed E-state index contributed by atoms with van der Waals surface area (Å²) in [6.45, 7) is 0.925. The van der Waals surface area contributed by atoms with Gasteiger partial charge >= 0.3 is 0 Å². The van der Waals surface area contributed by atoms with Gasteiger partial charge in [0.25, 0.3) is 0 Å². The molecule has 0 amide bonds. The van der Waals surface area contributed by atoms with Crippen molar-refractivity contribution in [2.24, 2.45) is 0 Å². The monoisotopic (exact) mass is 147 g/mol. The van der Waals surface area contributed by atoms with Crippen LogP contribution in [0, 0.1) is 0 Å². The van der Waals surface area contributed by atoms with Crippen LogP contribution >= 0.6 is 0 Å². The molecule has 1 heteroatoms. The summed E-state index contributed by atoms with van der Waals surface area (Å²) in [4.78, 5) is 0. The van der Waals surface area contributed by atoms with E-state index in [0.717, 1.165) is 6.54 Å². The van der Waals surface area contributed by atoms with Crippen molar-refractivity contribution >= 4 is 6.08 Å². The van der Waals surface area contributed by atoms with Gasteiger partial charge in [0.2, 0.25) is 0 Å². The summed E-state index contributed by atoms with van der Waals surface area (Å²) in [7, 11) is 1.94. The van der Waals surface area contributed by atoms with Crippen LogP contribution in [0.1, 0.15) is 5.56 Å². The van der Waals surface area contributed by atoms with Gasteiger partial charge in [-0.1, -0.05) is 42.5 Å². The average Bonchev–Trinajstić information content (AvgIpc) is 2.07. The molecule has 0 aromatic heterocycles. The Morgan fingerprint density at radius 3 is 2.64 bits per heavy atom. The molecule has 0 fully saturated rings. The highest BCUT2D eigenvalue weighted by Crippen LogP contribution is 1.99. The number of rotatable bonds is 3. The molecule has 1 N–H and O–H groups in total. The summed E-state index contributed by atoms with van der Waals surface area (Å²) in [6.07, 6.45) is 4.21. The van der Waals surface area contributed by atoms with Crippen LogP contribution in [0.4, 0.5) is 0 Å². The lowest BCUT2D eigenvalue weighted by Gasteiger charge is -1.90. The van der Waals surface area contributed by atoms with E-state index in [1.54, 1.807) is 0 Å². The average molecular weight is 147 g/mol. The Morgan fingerprint density at radius 2 is 2.00 bits per heavy atom. The molecule has 1 rings (SSSR count). The third-order valence-electron chi connectivity index (χ3n) is 1.43. The zero-order valence-corrected chi connectivity index (χ0v) is 6.75. The van der Waals surface area contributed by atoms with Crippen LogP contribution in [0.2, 0.25) is 0 Å². The number of hydrogen-bond donors (Lipinski definition) is 1. The molecule has 0 heterocycles. The fraction of sp³-hybridized carbons (Fsp3) is 0.200. The first kappa shape index (κ1) is 8.02. The minimum absolute atomic E-state index is 0.925. The topological polar surface area (TPSA) is 12.0 Å². The zero-order chi connectivity index (χ0) is 7.94. The molecule has 1 aromatic carbocycles. The third-order valence-corrected chi connectivity index (χ3v) is 1.43. The molecule has 1 nitrogen and oxygen atoms in total. The van der Waals surface area contributed by atoms with Crippen molar-refractivity contribution in [2.75, 3.05) is 13.6 Å². The number of likely N-dealkylation sites (N-methyl/N-ethyl adjacent to an activating group) is 1. The Bertz CT molecular complexity index is 214. The summed E-state index contributed by atoms with van der Waals surface area (Å²) in [5.41, 5.74) is 1.25. The van der Waals surface area contributed by atoms with Crippen molar-refractivity contribution in [2.45, 2.75) is 0 Å². The second kappa shape index (κ2) is 4.69. The van der Waals surface area contributed by atoms with Crippen molar-refractivity contribution in [3.05, 3.63) is 42.0 Å². The van der Waals surface area contributed by atoms with Gasteiger partial charge in [0.1, 0.15) is 0 Å². The van der Waals surface area contributed by atoms with Gasteiger partial charge in [-0.25, -0.2) is 0 Å². The van der Waals surface area contributed by atoms with Crippen LogP contribution in [0.5, 0.6) is 0 Å². The van der Waals surface area contributed by atoms with Gasteiger partial charge in [-0.2, -0.15) is 0 Å². The van der Waals surface area contributed by atoms with Gasteiger partial charge in [-0.15, -0.1) is 0 Å². The van der Waals surface area contributed by atoms with Crippen LogP contribution in [0.15, 0.2) is 36.4 Å². The summed E-state index contributed by atoms with van der Waals surface area (Å²) in [5.74, 6) is 0. The first-order valence-corrected chi connectivity index (χ1v) is 3.79. The fourth-order valence-corrected chi connectivity index (χ4v) is 0.877. The van der Waals surface area contributed by atoms with E-state index in [9.17, 15) is 0 Å². The second-order valence-corrected chi connectivity index (χ2v) is 2.37. The molecule has 0 bridgehead atoms. The molecule has 0 spiro atoms.